The number of rotatable bonds is 4. The van der Waals surface area contributed by atoms with Gasteiger partial charge in [-0.15, -0.1) is 11.3 Å². The zero-order valence-corrected chi connectivity index (χ0v) is 14.4. The number of anilines is 1. The molecular weight excluding hydrogens is 314 g/mol. The monoisotopic (exact) mass is 337 g/mol. The van der Waals surface area contributed by atoms with Gasteiger partial charge in [0.25, 0.3) is 0 Å². The van der Waals surface area contributed by atoms with E-state index in [2.05, 4.69) is 10.3 Å². The number of hydrogen-bond donors (Lipinski definition) is 1. The summed E-state index contributed by atoms with van der Waals surface area (Å²) in [6, 6.07) is 0.0218. The largest absolute Gasteiger partial charge is 0.468 e. The van der Waals surface area contributed by atoms with Gasteiger partial charge in [-0.25, -0.2) is 4.98 Å². The minimum atomic E-state index is -0.295. The number of aryl methyl sites for hydroxylation is 1. The fourth-order valence-corrected chi connectivity index (χ4v) is 4.59. The van der Waals surface area contributed by atoms with E-state index >= 15 is 0 Å². The second-order valence-electron chi connectivity index (χ2n) is 6.40. The van der Waals surface area contributed by atoms with E-state index in [1.165, 1.54) is 31.3 Å². The molecule has 1 aliphatic heterocycles. The quantitative estimate of drug-likeness (QED) is 0.853. The molecule has 0 unspecified atom stereocenters. The molecule has 0 radical (unpaired) electrons. The fraction of sp³-hybridized carbons (Fsp3) is 0.688. The number of carbonyl (C=O) groups is 2. The predicted octanol–water partition coefficient (Wildman–Crippen LogP) is 2.20. The molecule has 1 saturated carbocycles. The van der Waals surface area contributed by atoms with Crippen molar-refractivity contribution in [1.82, 2.24) is 9.88 Å². The average molecular weight is 337 g/mol. The van der Waals surface area contributed by atoms with E-state index in [-0.39, 0.29) is 24.5 Å². The summed E-state index contributed by atoms with van der Waals surface area (Å²) in [5.41, 5.74) is 0.895. The van der Waals surface area contributed by atoms with Crippen LogP contribution in [0.25, 0.3) is 0 Å². The van der Waals surface area contributed by atoms with Crippen LogP contribution in [0.5, 0.6) is 0 Å². The van der Waals surface area contributed by atoms with Crippen molar-refractivity contribution in [3.05, 3.63) is 11.1 Å². The van der Waals surface area contributed by atoms with Crippen LogP contribution in [0, 0.1) is 12.8 Å². The topological polar surface area (TPSA) is 71.5 Å². The van der Waals surface area contributed by atoms with Crippen molar-refractivity contribution in [2.75, 3.05) is 19.0 Å². The number of methoxy groups -OCH3 is 1. The first-order valence-corrected chi connectivity index (χ1v) is 9.02. The highest BCUT2D eigenvalue weighted by atomic mass is 32.1. The van der Waals surface area contributed by atoms with Crippen LogP contribution in [-0.4, -0.2) is 47.5 Å². The third kappa shape index (κ3) is 3.55. The summed E-state index contributed by atoms with van der Waals surface area (Å²) in [4.78, 5) is 30.8. The molecule has 23 heavy (non-hydrogen) atoms. The molecule has 1 saturated heterocycles. The van der Waals surface area contributed by atoms with Crippen molar-refractivity contribution in [2.24, 2.45) is 5.92 Å². The van der Waals surface area contributed by atoms with Crippen molar-refractivity contribution in [3.63, 3.8) is 0 Å². The standard InChI is InChI=1S/C16H23N3O3S/c1-10-9-23-16(17-10)18-14(20)8-19-12-6-4-3-5-11(12)7-13(19)15(21)22-2/h9,11-13H,3-8H2,1-2H3,(H,17,18,20)/t11-,12+,13+/m1/s1. The molecule has 0 aromatic carbocycles. The molecule has 2 fully saturated rings. The average Bonchev–Trinajstić information content (AvgIpc) is 3.11. The Morgan fingerprint density at radius 3 is 2.91 bits per heavy atom. The van der Waals surface area contributed by atoms with Crippen LogP contribution in [0.1, 0.15) is 37.8 Å². The van der Waals surface area contributed by atoms with Crippen LogP contribution in [0.2, 0.25) is 0 Å². The maximum atomic E-state index is 12.4. The molecule has 2 aliphatic rings. The first-order chi connectivity index (χ1) is 11.1. The zero-order chi connectivity index (χ0) is 16.4. The van der Waals surface area contributed by atoms with Crippen LogP contribution >= 0.6 is 11.3 Å². The Morgan fingerprint density at radius 2 is 2.22 bits per heavy atom. The van der Waals surface area contributed by atoms with Crippen LogP contribution in [-0.2, 0) is 14.3 Å². The molecule has 3 atom stereocenters. The van der Waals surface area contributed by atoms with Gasteiger partial charge in [0.05, 0.1) is 19.3 Å². The SMILES string of the molecule is COC(=O)[C@@H]1C[C@H]2CCCC[C@@H]2N1CC(=O)Nc1nc(C)cs1. The first-order valence-electron chi connectivity index (χ1n) is 8.14. The molecule has 7 heteroatoms. The molecule has 0 spiro atoms. The van der Waals surface area contributed by atoms with Gasteiger partial charge in [0.15, 0.2) is 5.13 Å². The van der Waals surface area contributed by atoms with Crippen molar-refractivity contribution < 1.29 is 14.3 Å². The third-order valence-corrected chi connectivity index (χ3v) is 5.76. The van der Waals surface area contributed by atoms with Crippen LogP contribution < -0.4 is 5.32 Å². The Labute approximate surface area is 140 Å². The molecule has 1 aromatic rings. The fourth-order valence-electron chi connectivity index (χ4n) is 3.88. The lowest BCUT2D eigenvalue weighted by atomic mass is 9.85. The molecule has 2 heterocycles. The maximum Gasteiger partial charge on any atom is 0.323 e. The van der Waals surface area contributed by atoms with Gasteiger partial charge in [-0.1, -0.05) is 12.8 Å². The highest BCUT2D eigenvalue weighted by Gasteiger charge is 2.46. The summed E-state index contributed by atoms with van der Waals surface area (Å²) in [5, 5.41) is 5.35. The summed E-state index contributed by atoms with van der Waals surface area (Å²) in [5.74, 6) is 0.166. The maximum absolute atomic E-state index is 12.4. The molecule has 1 aromatic heterocycles. The van der Waals surface area contributed by atoms with Crippen molar-refractivity contribution in [3.8, 4) is 0 Å². The minimum Gasteiger partial charge on any atom is -0.468 e. The number of nitrogens with zero attached hydrogens (tertiary/aromatic N) is 2. The number of esters is 1. The molecule has 126 valence electrons. The minimum absolute atomic E-state index is 0.112. The number of likely N-dealkylation sites (tertiary alicyclic amines) is 1. The zero-order valence-electron chi connectivity index (χ0n) is 13.6. The van der Waals surface area contributed by atoms with Gasteiger partial charge in [0, 0.05) is 11.4 Å². The molecule has 6 nitrogen and oxygen atoms in total. The van der Waals surface area contributed by atoms with E-state index in [0.717, 1.165) is 25.0 Å². The van der Waals surface area contributed by atoms with Crippen LogP contribution in [0.15, 0.2) is 5.38 Å². The second kappa shape index (κ2) is 6.97. The summed E-state index contributed by atoms with van der Waals surface area (Å²) in [6.45, 7) is 2.12. The Kier molecular flexibility index (Phi) is 4.96. The summed E-state index contributed by atoms with van der Waals surface area (Å²) < 4.78 is 4.95. The van der Waals surface area contributed by atoms with Gasteiger partial charge in [-0.05, 0) is 32.1 Å². The van der Waals surface area contributed by atoms with E-state index in [1.54, 1.807) is 0 Å². The molecule has 3 rings (SSSR count). The van der Waals surface area contributed by atoms with E-state index < -0.39 is 0 Å². The number of ether oxygens (including phenoxy) is 1. The second-order valence-corrected chi connectivity index (χ2v) is 7.26. The molecular formula is C16H23N3O3S. The van der Waals surface area contributed by atoms with Gasteiger partial charge in [-0.3, -0.25) is 14.5 Å². The Balaban J connectivity index is 1.69. The number of carbonyl (C=O) groups excluding carboxylic acids is 2. The Morgan fingerprint density at radius 1 is 1.43 bits per heavy atom. The number of aromatic nitrogens is 1. The molecule has 0 bridgehead atoms. The normalized spacial score (nSPS) is 27.5. The van der Waals surface area contributed by atoms with Gasteiger partial charge < -0.3 is 10.1 Å². The summed E-state index contributed by atoms with van der Waals surface area (Å²) in [7, 11) is 1.42. The van der Waals surface area contributed by atoms with Gasteiger partial charge in [0.2, 0.25) is 5.91 Å². The highest BCUT2D eigenvalue weighted by Crippen LogP contribution is 2.39. The Bertz CT molecular complexity index is 589. The molecule has 1 N–H and O–H groups in total. The van der Waals surface area contributed by atoms with E-state index in [1.807, 2.05) is 17.2 Å². The van der Waals surface area contributed by atoms with Gasteiger partial charge >= 0.3 is 5.97 Å². The summed E-state index contributed by atoms with van der Waals surface area (Å²) in [6.07, 6.45) is 5.39. The van der Waals surface area contributed by atoms with Gasteiger partial charge in [0.1, 0.15) is 6.04 Å². The van der Waals surface area contributed by atoms with Crippen molar-refractivity contribution in [2.45, 2.75) is 51.1 Å². The number of fused-ring (bicyclic) bond motifs is 1. The first kappa shape index (κ1) is 16.4. The lowest BCUT2D eigenvalue weighted by Gasteiger charge is -2.32. The molecule has 1 amide bonds. The number of nitrogens with one attached hydrogen (secondary N) is 1. The van der Waals surface area contributed by atoms with Gasteiger partial charge in [-0.2, -0.15) is 0 Å². The lowest BCUT2D eigenvalue weighted by Crippen LogP contribution is -2.46. The number of amides is 1. The van der Waals surface area contributed by atoms with Crippen molar-refractivity contribution >= 4 is 28.3 Å². The van der Waals surface area contributed by atoms with Crippen LogP contribution in [0.4, 0.5) is 5.13 Å². The molecule has 1 aliphatic carbocycles. The van der Waals surface area contributed by atoms with Crippen LogP contribution in [0.3, 0.4) is 0 Å². The smallest absolute Gasteiger partial charge is 0.323 e. The van der Waals surface area contributed by atoms with E-state index in [4.69, 9.17) is 4.74 Å². The summed E-state index contributed by atoms with van der Waals surface area (Å²) >= 11 is 1.42. The predicted molar refractivity (Wildman–Crippen MR) is 88.4 cm³/mol. The van der Waals surface area contributed by atoms with E-state index in [9.17, 15) is 9.59 Å². The highest BCUT2D eigenvalue weighted by molar-refractivity contribution is 7.13. The number of thiazole rings is 1. The lowest BCUT2D eigenvalue weighted by molar-refractivity contribution is -0.146. The van der Waals surface area contributed by atoms with E-state index in [0.29, 0.717) is 17.1 Å². The number of hydrogen-bond acceptors (Lipinski definition) is 6. The Hall–Kier alpha value is -1.47. The van der Waals surface area contributed by atoms with Crippen molar-refractivity contribution in [1.29, 1.82) is 0 Å². The third-order valence-electron chi connectivity index (χ3n) is 4.89.